The number of likely N-dealkylation sites (tertiary alicyclic amines) is 1. The average Bonchev–Trinajstić information content (AvgIpc) is 3.35. The fraction of sp³-hybridized carbons (Fsp3) is 0.450. The van der Waals surface area contributed by atoms with Crippen LogP contribution in [0.15, 0.2) is 28.7 Å². The number of ether oxygens (including phenoxy) is 2. The van der Waals surface area contributed by atoms with Gasteiger partial charge in [-0.2, -0.15) is 0 Å². The van der Waals surface area contributed by atoms with Gasteiger partial charge < -0.3 is 18.8 Å². The second-order valence-electron chi connectivity index (χ2n) is 7.18. The van der Waals surface area contributed by atoms with Crippen LogP contribution in [0.2, 0.25) is 0 Å². The third kappa shape index (κ3) is 3.82. The fourth-order valence-corrected chi connectivity index (χ4v) is 3.28. The van der Waals surface area contributed by atoms with Gasteiger partial charge >= 0.3 is 0 Å². The first-order chi connectivity index (χ1) is 13.1. The molecule has 1 aromatic heterocycles. The number of benzene rings is 1. The van der Waals surface area contributed by atoms with Crippen molar-refractivity contribution in [1.29, 1.82) is 0 Å². The predicted octanol–water partition coefficient (Wildman–Crippen LogP) is 3.34. The van der Waals surface area contributed by atoms with E-state index in [1.807, 2.05) is 43.0 Å². The molecule has 1 fully saturated rings. The van der Waals surface area contributed by atoms with Crippen molar-refractivity contribution >= 4 is 12.0 Å². The fourth-order valence-electron chi connectivity index (χ4n) is 3.28. The number of piperidine rings is 1. The molecule has 27 heavy (non-hydrogen) atoms. The molecule has 0 radical (unpaired) electrons. The van der Waals surface area contributed by atoms with Gasteiger partial charge in [0.2, 0.25) is 24.5 Å². The molecule has 4 rings (SSSR count). The number of amides is 1. The molecule has 0 unspecified atom stereocenters. The van der Waals surface area contributed by atoms with Gasteiger partial charge in [-0.3, -0.25) is 4.79 Å². The van der Waals surface area contributed by atoms with Crippen LogP contribution in [-0.2, 0) is 4.79 Å². The van der Waals surface area contributed by atoms with Gasteiger partial charge in [-0.05, 0) is 36.6 Å². The predicted molar refractivity (Wildman–Crippen MR) is 98.5 cm³/mol. The summed E-state index contributed by atoms with van der Waals surface area (Å²) in [5, 5.41) is 8.28. The van der Waals surface area contributed by atoms with Crippen molar-refractivity contribution in [3.63, 3.8) is 0 Å². The lowest BCUT2D eigenvalue weighted by Crippen LogP contribution is -2.36. The van der Waals surface area contributed by atoms with Gasteiger partial charge in [0.1, 0.15) is 0 Å². The molecule has 1 saturated heterocycles. The molecular formula is C20H23N3O4. The molecule has 0 spiro atoms. The van der Waals surface area contributed by atoms with E-state index in [0.29, 0.717) is 30.6 Å². The van der Waals surface area contributed by atoms with Crippen LogP contribution in [0.3, 0.4) is 0 Å². The zero-order chi connectivity index (χ0) is 18.8. The molecule has 0 saturated carbocycles. The first-order valence-corrected chi connectivity index (χ1v) is 9.30. The highest BCUT2D eigenvalue weighted by Crippen LogP contribution is 2.33. The Morgan fingerprint density at radius 2 is 1.96 bits per heavy atom. The Hall–Kier alpha value is -2.83. The molecule has 142 valence electrons. The highest BCUT2D eigenvalue weighted by atomic mass is 16.7. The van der Waals surface area contributed by atoms with Gasteiger partial charge in [-0.1, -0.05) is 19.9 Å². The first-order valence-electron chi connectivity index (χ1n) is 9.30. The zero-order valence-electron chi connectivity index (χ0n) is 15.6. The Morgan fingerprint density at radius 1 is 1.19 bits per heavy atom. The number of rotatable bonds is 4. The lowest BCUT2D eigenvalue weighted by atomic mass is 9.97. The smallest absolute Gasteiger partial charge is 0.246 e. The maximum atomic E-state index is 12.5. The summed E-state index contributed by atoms with van der Waals surface area (Å²) in [4.78, 5) is 14.3. The molecule has 1 aromatic carbocycles. The minimum atomic E-state index is 0.0134. The van der Waals surface area contributed by atoms with E-state index < -0.39 is 0 Å². The summed E-state index contributed by atoms with van der Waals surface area (Å²) >= 11 is 0. The summed E-state index contributed by atoms with van der Waals surface area (Å²) in [5.41, 5.74) is 0.912. The monoisotopic (exact) mass is 369 g/mol. The van der Waals surface area contributed by atoms with Crippen molar-refractivity contribution in [2.45, 2.75) is 38.5 Å². The molecule has 1 amide bonds. The van der Waals surface area contributed by atoms with Crippen LogP contribution in [0, 0.1) is 0 Å². The summed E-state index contributed by atoms with van der Waals surface area (Å²) in [6, 6.07) is 5.64. The number of hydrogen-bond donors (Lipinski definition) is 0. The van der Waals surface area contributed by atoms with Gasteiger partial charge in [0.05, 0.1) is 0 Å². The molecule has 0 aliphatic carbocycles. The molecule has 7 nitrogen and oxygen atoms in total. The Labute approximate surface area is 158 Å². The third-order valence-electron chi connectivity index (χ3n) is 4.92. The van der Waals surface area contributed by atoms with Crippen LogP contribution in [0.4, 0.5) is 0 Å². The molecule has 2 aliphatic rings. The second-order valence-corrected chi connectivity index (χ2v) is 7.18. The molecule has 0 bridgehead atoms. The van der Waals surface area contributed by atoms with E-state index in [9.17, 15) is 4.79 Å². The number of aromatic nitrogens is 2. The van der Waals surface area contributed by atoms with Crippen molar-refractivity contribution in [1.82, 2.24) is 15.1 Å². The van der Waals surface area contributed by atoms with E-state index in [1.165, 1.54) is 0 Å². The van der Waals surface area contributed by atoms with Gasteiger partial charge in [0.25, 0.3) is 0 Å². The maximum Gasteiger partial charge on any atom is 0.246 e. The van der Waals surface area contributed by atoms with Crippen LogP contribution < -0.4 is 9.47 Å². The van der Waals surface area contributed by atoms with Crippen LogP contribution >= 0.6 is 0 Å². The van der Waals surface area contributed by atoms with E-state index in [2.05, 4.69) is 10.2 Å². The number of fused-ring (bicyclic) bond motifs is 1. The van der Waals surface area contributed by atoms with E-state index >= 15 is 0 Å². The minimum Gasteiger partial charge on any atom is -0.454 e. The highest BCUT2D eigenvalue weighted by molar-refractivity contribution is 5.92. The van der Waals surface area contributed by atoms with Crippen molar-refractivity contribution in [3.8, 4) is 11.5 Å². The molecular weight excluding hydrogens is 346 g/mol. The third-order valence-corrected chi connectivity index (χ3v) is 4.92. The van der Waals surface area contributed by atoms with Gasteiger partial charge in [0, 0.05) is 31.0 Å². The Bertz CT molecular complexity index is 851. The summed E-state index contributed by atoms with van der Waals surface area (Å²) < 4.78 is 16.4. The highest BCUT2D eigenvalue weighted by Gasteiger charge is 2.27. The van der Waals surface area contributed by atoms with Gasteiger partial charge in [-0.25, -0.2) is 0 Å². The molecule has 3 heterocycles. The van der Waals surface area contributed by atoms with Crippen LogP contribution in [0.25, 0.3) is 6.08 Å². The van der Waals surface area contributed by atoms with E-state index in [-0.39, 0.29) is 24.5 Å². The lowest BCUT2D eigenvalue weighted by molar-refractivity contribution is -0.127. The minimum absolute atomic E-state index is 0.0134. The number of carbonyl (C=O) groups is 1. The first kappa shape index (κ1) is 17.6. The Balaban J connectivity index is 1.33. The number of hydrogen-bond acceptors (Lipinski definition) is 6. The van der Waals surface area contributed by atoms with Gasteiger partial charge in [-0.15, -0.1) is 10.2 Å². The summed E-state index contributed by atoms with van der Waals surface area (Å²) in [6.07, 6.45) is 5.09. The summed E-state index contributed by atoms with van der Waals surface area (Å²) in [6.45, 7) is 5.69. The van der Waals surface area contributed by atoms with Crippen LogP contribution in [0.1, 0.15) is 55.9 Å². The molecule has 0 N–H and O–H groups in total. The summed E-state index contributed by atoms with van der Waals surface area (Å²) in [5.74, 6) is 3.30. The van der Waals surface area contributed by atoms with Crippen molar-refractivity contribution in [2.24, 2.45) is 0 Å². The second kappa shape index (κ2) is 7.42. The Morgan fingerprint density at radius 3 is 2.70 bits per heavy atom. The average molecular weight is 369 g/mol. The number of nitrogens with zero attached hydrogens (tertiary/aromatic N) is 3. The summed E-state index contributed by atoms with van der Waals surface area (Å²) in [7, 11) is 0. The number of carbonyl (C=O) groups excluding carboxylic acids is 1. The van der Waals surface area contributed by atoms with E-state index in [1.54, 1.807) is 6.08 Å². The maximum absolute atomic E-state index is 12.5. The lowest BCUT2D eigenvalue weighted by Gasteiger charge is -2.29. The molecule has 7 heteroatoms. The van der Waals surface area contributed by atoms with Gasteiger partial charge in [0.15, 0.2) is 11.5 Å². The quantitative estimate of drug-likeness (QED) is 0.769. The normalized spacial score (nSPS) is 17.2. The molecule has 2 aliphatic heterocycles. The standard InChI is InChI=1S/C20H23N3O4/c1-13(2)19-21-22-20(27-19)15-7-9-23(10-8-15)18(24)6-4-14-3-5-16-17(11-14)26-12-25-16/h3-6,11,13,15H,7-10,12H2,1-2H3/b6-4+. The van der Waals surface area contributed by atoms with Crippen LogP contribution in [-0.4, -0.2) is 40.9 Å². The van der Waals surface area contributed by atoms with E-state index in [4.69, 9.17) is 13.9 Å². The Kier molecular flexibility index (Phi) is 4.83. The molecule has 2 aromatic rings. The zero-order valence-corrected chi connectivity index (χ0v) is 15.6. The van der Waals surface area contributed by atoms with Crippen molar-refractivity contribution in [2.75, 3.05) is 19.9 Å². The van der Waals surface area contributed by atoms with Crippen molar-refractivity contribution in [3.05, 3.63) is 41.6 Å². The van der Waals surface area contributed by atoms with E-state index in [0.717, 1.165) is 24.2 Å². The largest absolute Gasteiger partial charge is 0.454 e. The SMILES string of the molecule is CC(C)c1nnc(C2CCN(C(=O)/C=C/c3ccc4c(c3)OCO4)CC2)o1. The molecule has 0 atom stereocenters. The topological polar surface area (TPSA) is 77.7 Å². The van der Waals surface area contributed by atoms with Crippen LogP contribution in [0.5, 0.6) is 11.5 Å². The van der Waals surface area contributed by atoms with Crippen molar-refractivity contribution < 1.29 is 18.7 Å².